The molecular weight excluding hydrogens is 458 g/mol. The van der Waals surface area contributed by atoms with Gasteiger partial charge in [0, 0.05) is 20.1 Å². The zero-order valence-electron chi connectivity index (χ0n) is 20.2. The van der Waals surface area contributed by atoms with E-state index in [4.69, 9.17) is 9.47 Å². The van der Waals surface area contributed by atoms with Crippen LogP contribution in [0.2, 0.25) is 0 Å². The highest BCUT2D eigenvalue weighted by atomic mass is 32.2. The van der Waals surface area contributed by atoms with E-state index in [9.17, 15) is 14.4 Å². The van der Waals surface area contributed by atoms with Crippen molar-refractivity contribution in [1.29, 1.82) is 0 Å². The number of nitrogens with one attached hydrogen (secondary N) is 1. The molecule has 0 atom stereocenters. The van der Waals surface area contributed by atoms with E-state index in [0.29, 0.717) is 41.1 Å². The Hall–Kier alpha value is -3.34. The van der Waals surface area contributed by atoms with Crippen molar-refractivity contribution in [2.24, 2.45) is 13.0 Å². The number of ether oxygens (including phenoxy) is 2. The van der Waals surface area contributed by atoms with Crippen LogP contribution in [-0.4, -0.2) is 45.0 Å². The lowest BCUT2D eigenvalue weighted by atomic mass is 10.2. The largest absolute Gasteiger partial charge is 0.493 e. The number of amides is 1. The minimum Gasteiger partial charge on any atom is -0.493 e. The van der Waals surface area contributed by atoms with E-state index in [1.54, 1.807) is 33.3 Å². The first-order valence-electron chi connectivity index (χ1n) is 10.7. The molecule has 0 aliphatic rings. The number of carbonyl (C=O) groups excluding carboxylic acids is 1. The molecule has 1 aromatic carbocycles. The molecule has 3 rings (SSSR count). The van der Waals surface area contributed by atoms with Gasteiger partial charge in [0.15, 0.2) is 17.1 Å². The number of rotatable bonds is 9. The lowest BCUT2D eigenvalue weighted by molar-refractivity contribution is -0.118. The highest BCUT2D eigenvalue weighted by molar-refractivity contribution is 8.00. The van der Waals surface area contributed by atoms with Crippen LogP contribution in [0.25, 0.3) is 11.0 Å². The van der Waals surface area contributed by atoms with Crippen LogP contribution < -0.4 is 26.0 Å². The van der Waals surface area contributed by atoms with Crippen molar-refractivity contribution < 1.29 is 14.3 Å². The molecule has 34 heavy (non-hydrogen) atoms. The quantitative estimate of drug-likeness (QED) is 0.359. The van der Waals surface area contributed by atoms with Gasteiger partial charge in [-0.2, -0.15) is 0 Å². The number of thioether (sulfide) groups is 1. The molecule has 0 saturated heterocycles. The molecule has 10 nitrogen and oxygen atoms in total. The number of benzene rings is 1. The molecular formula is C23H29N5O5S. The van der Waals surface area contributed by atoms with Gasteiger partial charge >= 0.3 is 5.69 Å². The van der Waals surface area contributed by atoms with Crippen LogP contribution >= 0.6 is 11.8 Å². The standard InChI is InChI=1S/C23H29N5O5S/c1-13(2)11-28-20-19(22(30)27(4)23(28)31)21(26-14(3)25-20)34-12-18(29)24-10-15-7-8-16(32-5)17(9-15)33-6/h7-9,13H,10-12H2,1-6H3,(H,24,29). The summed E-state index contributed by atoms with van der Waals surface area (Å²) in [6, 6.07) is 5.41. The van der Waals surface area contributed by atoms with Crippen molar-refractivity contribution >= 4 is 28.7 Å². The Morgan fingerprint density at radius 3 is 2.50 bits per heavy atom. The number of methoxy groups -OCH3 is 2. The van der Waals surface area contributed by atoms with Gasteiger partial charge in [0.25, 0.3) is 5.56 Å². The van der Waals surface area contributed by atoms with Crippen molar-refractivity contribution in [1.82, 2.24) is 24.4 Å². The lowest BCUT2D eigenvalue weighted by Crippen LogP contribution is -2.39. The minimum atomic E-state index is -0.478. The molecule has 1 N–H and O–H groups in total. The van der Waals surface area contributed by atoms with E-state index in [-0.39, 0.29) is 23.0 Å². The Kier molecular flexibility index (Phi) is 7.98. The van der Waals surface area contributed by atoms with Crippen molar-refractivity contribution in [2.75, 3.05) is 20.0 Å². The molecule has 0 radical (unpaired) electrons. The summed E-state index contributed by atoms with van der Waals surface area (Å²) in [4.78, 5) is 47.0. The molecule has 3 aromatic rings. The first kappa shape index (κ1) is 25.3. The van der Waals surface area contributed by atoms with E-state index < -0.39 is 11.2 Å². The Balaban J connectivity index is 1.82. The first-order chi connectivity index (χ1) is 16.2. The van der Waals surface area contributed by atoms with Crippen LogP contribution in [0.3, 0.4) is 0 Å². The minimum absolute atomic E-state index is 0.0469. The fraction of sp³-hybridized carbons (Fsp3) is 0.435. The number of hydrogen-bond donors (Lipinski definition) is 1. The maximum Gasteiger partial charge on any atom is 0.332 e. The Bertz CT molecular complexity index is 1330. The molecule has 11 heteroatoms. The molecule has 0 unspecified atom stereocenters. The summed E-state index contributed by atoms with van der Waals surface area (Å²) in [5.41, 5.74) is 0.245. The second kappa shape index (κ2) is 10.7. The molecule has 0 aliphatic heterocycles. The van der Waals surface area contributed by atoms with Gasteiger partial charge in [-0.1, -0.05) is 31.7 Å². The fourth-order valence-corrected chi connectivity index (χ4v) is 4.34. The summed E-state index contributed by atoms with van der Waals surface area (Å²) in [6.07, 6.45) is 0. The fourth-order valence-electron chi connectivity index (χ4n) is 3.45. The summed E-state index contributed by atoms with van der Waals surface area (Å²) in [6.45, 7) is 6.38. The zero-order chi connectivity index (χ0) is 25.0. The maximum atomic E-state index is 12.9. The Labute approximate surface area is 201 Å². The molecule has 0 fully saturated rings. The van der Waals surface area contributed by atoms with Crippen molar-refractivity contribution in [3.8, 4) is 11.5 Å². The van der Waals surface area contributed by atoms with Crippen LogP contribution in [0.15, 0.2) is 32.8 Å². The summed E-state index contributed by atoms with van der Waals surface area (Å²) in [5, 5.41) is 3.47. The molecule has 2 aromatic heterocycles. The summed E-state index contributed by atoms with van der Waals surface area (Å²) >= 11 is 1.14. The molecule has 0 aliphatic carbocycles. The average molecular weight is 488 g/mol. The molecule has 1 amide bonds. The monoisotopic (exact) mass is 487 g/mol. The van der Waals surface area contributed by atoms with E-state index >= 15 is 0 Å². The Morgan fingerprint density at radius 2 is 1.85 bits per heavy atom. The Morgan fingerprint density at radius 1 is 1.15 bits per heavy atom. The van der Waals surface area contributed by atoms with Gasteiger partial charge in [0.2, 0.25) is 5.91 Å². The second-order valence-electron chi connectivity index (χ2n) is 8.18. The number of nitrogens with zero attached hydrogens (tertiary/aromatic N) is 4. The molecule has 0 spiro atoms. The zero-order valence-corrected chi connectivity index (χ0v) is 21.0. The number of fused-ring (bicyclic) bond motifs is 1. The van der Waals surface area contributed by atoms with Gasteiger partial charge in [-0.25, -0.2) is 14.8 Å². The SMILES string of the molecule is COc1ccc(CNC(=O)CSc2nc(C)nc3c2c(=O)n(C)c(=O)n3CC(C)C)cc1OC. The number of aromatic nitrogens is 4. The van der Waals surface area contributed by atoms with Gasteiger partial charge in [-0.05, 0) is 30.5 Å². The third-order valence-electron chi connectivity index (χ3n) is 5.09. The molecule has 0 saturated carbocycles. The number of carbonyl (C=O) groups is 1. The summed E-state index contributed by atoms with van der Waals surface area (Å²) < 4.78 is 13.1. The van der Waals surface area contributed by atoms with Crippen LogP contribution in [0.5, 0.6) is 11.5 Å². The molecule has 2 heterocycles. The van der Waals surface area contributed by atoms with Gasteiger partial charge < -0.3 is 14.8 Å². The van der Waals surface area contributed by atoms with Crippen LogP contribution in [0.4, 0.5) is 0 Å². The maximum absolute atomic E-state index is 12.9. The summed E-state index contributed by atoms with van der Waals surface area (Å²) in [5.74, 6) is 1.60. The topological polar surface area (TPSA) is 117 Å². The van der Waals surface area contributed by atoms with Crippen LogP contribution in [0.1, 0.15) is 25.2 Å². The van der Waals surface area contributed by atoms with Gasteiger partial charge in [0.1, 0.15) is 16.2 Å². The van der Waals surface area contributed by atoms with E-state index in [0.717, 1.165) is 21.9 Å². The normalized spacial score (nSPS) is 11.1. The highest BCUT2D eigenvalue weighted by Crippen LogP contribution is 2.27. The van der Waals surface area contributed by atoms with E-state index in [2.05, 4.69) is 15.3 Å². The van der Waals surface area contributed by atoms with Crippen molar-refractivity contribution in [3.05, 3.63) is 50.4 Å². The van der Waals surface area contributed by atoms with Crippen molar-refractivity contribution in [2.45, 2.75) is 38.9 Å². The number of hydrogen-bond acceptors (Lipinski definition) is 8. The smallest absolute Gasteiger partial charge is 0.332 e. The van der Waals surface area contributed by atoms with Crippen molar-refractivity contribution in [3.63, 3.8) is 0 Å². The third-order valence-corrected chi connectivity index (χ3v) is 6.06. The molecule has 182 valence electrons. The lowest BCUT2D eigenvalue weighted by Gasteiger charge is -2.15. The predicted molar refractivity (Wildman–Crippen MR) is 131 cm³/mol. The number of aryl methyl sites for hydroxylation is 1. The first-order valence-corrected chi connectivity index (χ1v) is 11.7. The van der Waals surface area contributed by atoms with Gasteiger partial charge in [0.05, 0.1) is 20.0 Å². The second-order valence-corrected chi connectivity index (χ2v) is 9.14. The van der Waals surface area contributed by atoms with E-state index in [1.807, 2.05) is 19.9 Å². The van der Waals surface area contributed by atoms with Gasteiger partial charge in [-0.3, -0.25) is 18.7 Å². The predicted octanol–water partition coefficient (Wildman–Crippen LogP) is 1.88. The third kappa shape index (κ3) is 5.41. The highest BCUT2D eigenvalue weighted by Gasteiger charge is 2.19. The average Bonchev–Trinajstić information content (AvgIpc) is 2.81. The molecule has 0 bridgehead atoms. The van der Waals surface area contributed by atoms with Crippen LogP contribution in [0, 0.1) is 12.8 Å². The summed E-state index contributed by atoms with van der Waals surface area (Å²) in [7, 11) is 4.55. The van der Waals surface area contributed by atoms with Gasteiger partial charge in [-0.15, -0.1) is 0 Å². The van der Waals surface area contributed by atoms with E-state index in [1.165, 1.54) is 11.6 Å². The van der Waals surface area contributed by atoms with Crippen LogP contribution in [-0.2, 0) is 24.9 Å².